The van der Waals surface area contributed by atoms with Crippen molar-refractivity contribution in [2.75, 3.05) is 5.32 Å². The van der Waals surface area contributed by atoms with E-state index in [9.17, 15) is 22.8 Å². The number of hydrogen-bond acceptors (Lipinski definition) is 5. The van der Waals surface area contributed by atoms with Gasteiger partial charge in [-0.05, 0) is 30.5 Å². The predicted octanol–water partition coefficient (Wildman–Crippen LogP) is 3.13. The maximum Gasteiger partial charge on any atom is 0.573 e. The second-order valence-electron chi connectivity index (χ2n) is 8.07. The minimum atomic E-state index is -4.77. The maximum atomic E-state index is 12.9. The molecule has 172 valence electrons. The molecule has 0 bridgehead atoms. The van der Waals surface area contributed by atoms with E-state index in [0.717, 1.165) is 30.3 Å². The van der Waals surface area contributed by atoms with Gasteiger partial charge in [-0.2, -0.15) is 4.98 Å². The summed E-state index contributed by atoms with van der Waals surface area (Å²) in [7, 11) is 2.95. The van der Waals surface area contributed by atoms with Crippen molar-refractivity contribution in [3.05, 3.63) is 50.7 Å². The number of aryl methyl sites for hydroxylation is 1. The van der Waals surface area contributed by atoms with Crippen LogP contribution in [0.2, 0.25) is 0 Å². The molecule has 1 saturated carbocycles. The minimum Gasteiger partial charge on any atom is -0.406 e. The van der Waals surface area contributed by atoms with Gasteiger partial charge in [-0.25, -0.2) is 4.79 Å². The molecule has 1 aliphatic rings. The van der Waals surface area contributed by atoms with Gasteiger partial charge in [0.15, 0.2) is 11.2 Å². The van der Waals surface area contributed by atoms with Crippen molar-refractivity contribution >= 4 is 17.1 Å². The van der Waals surface area contributed by atoms with Crippen molar-refractivity contribution in [1.82, 2.24) is 18.7 Å². The number of rotatable bonds is 5. The Morgan fingerprint density at radius 3 is 2.34 bits per heavy atom. The van der Waals surface area contributed by atoms with Crippen LogP contribution in [0.4, 0.5) is 19.1 Å². The van der Waals surface area contributed by atoms with E-state index in [-0.39, 0.29) is 29.5 Å². The van der Waals surface area contributed by atoms with E-state index in [1.807, 2.05) is 0 Å². The average Bonchev–Trinajstić information content (AvgIpc) is 3.10. The lowest BCUT2D eigenvalue weighted by Crippen LogP contribution is -2.37. The van der Waals surface area contributed by atoms with E-state index < -0.39 is 17.6 Å². The van der Waals surface area contributed by atoms with Crippen LogP contribution in [0, 0.1) is 0 Å². The number of halogens is 3. The van der Waals surface area contributed by atoms with Crippen molar-refractivity contribution in [3.63, 3.8) is 0 Å². The Morgan fingerprint density at radius 1 is 1.06 bits per heavy atom. The molecule has 3 aromatic rings. The number of hydrogen-bond donors (Lipinski definition) is 1. The summed E-state index contributed by atoms with van der Waals surface area (Å²) in [6.45, 7) is 0.186. The van der Waals surface area contributed by atoms with Gasteiger partial charge in [0.25, 0.3) is 5.56 Å². The zero-order valence-corrected chi connectivity index (χ0v) is 17.8. The molecular weight excluding hydrogens is 427 g/mol. The van der Waals surface area contributed by atoms with Crippen molar-refractivity contribution in [2.45, 2.75) is 51.1 Å². The summed E-state index contributed by atoms with van der Waals surface area (Å²) in [6.07, 6.45) is 0.553. The first kappa shape index (κ1) is 22.0. The average molecular weight is 451 g/mol. The standard InChI is InChI=1S/C21H24F3N5O3/c1-27-17-16(18(30)28(2)20(27)31)29(19(26-17)25-14-6-4-3-5-7-14)12-13-8-10-15(11-9-13)32-21(22,23)24/h8-11,14H,3-7,12H2,1-2H3,(H,25,26). The zero-order valence-electron chi connectivity index (χ0n) is 17.8. The Labute approximate surface area is 181 Å². The molecule has 2 heterocycles. The maximum absolute atomic E-state index is 12.9. The lowest BCUT2D eigenvalue weighted by Gasteiger charge is -2.23. The number of anilines is 1. The number of imidazole rings is 1. The SMILES string of the molecule is Cn1c(=O)c2c(nc(NC3CCCCC3)n2Cc2ccc(OC(F)(F)F)cc2)n(C)c1=O. The second-order valence-corrected chi connectivity index (χ2v) is 8.07. The zero-order chi connectivity index (χ0) is 23.0. The molecule has 1 aliphatic carbocycles. The highest BCUT2D eigenvalue weighted by Gasteiger charge is 2.31. The third-order valence-electron chi connectivity index (χ3n) is 5.78. The van der Waals surface area contributed by atoms with Crippen LogP contribution in [-0.2, 0) is 20.6 Å². The van der Waals surface area contributed by atoms with E-state index in [0.29, 0.717) is 11.5 Å². The summed E-state index contributed by atoms with van der Waals surface area (Å²) in [5.41, 5.74) is 0.202. The number of aromatic nitrogens is 4. The molecule has 0 saturated heterocycles. The molecule has 0 radical (unpaired) electrons. The molecule has 4 rings (SSSR count). The van der Waals surface area contributed by atoms with Gasteiger partial charge in [-0.15, -0.1) is 13.2 Å². The number of nitrogens with zero attached hydrogens (tertiary/aromatic N) is 4. The molecule has 8 nitrogen and oxygen atoms in total. The topological polar surface area (TPSA) is 83.1 Å². The van der Waals surface area contributed by atoms with E-state index in [1.54, 1.807) is 11.6 Å². The van der Waals surface area contributed by atoms with Crippen molar-refractivity contribution in [3.8, 4) is 5.75 Å². The molecule has 1 fully saturated rings. The highest BCUT2D eigenvalue weighted by atomic mass is 19.4. The third-order valence-corrected chi connectivity index (χ3v) is 5.78. The van der Waals surface area contributed by atoms with Crippen molar-refractivity contribution < 1.29 is 17.9 Å². The number of ether oxygens (including phenoxy) is 1. The molecule has 1 aromatic carbocycles. The van der Waals surface area contributed by atoms with Gasteiger partial charge in [0, 0.05) is 20.1 Å². The van der Waals surface area contributed by atoms with Crippen LogP contribution in [0.25, 0.3) is 11.2 Å². The van der Waals surface area contributed by atoms with Gasteiger partial charge < -0.3 is 10.1 Å². The van der Waals surface area contributed by atoms with Crippen LogP contribution in [-0.4, -0.2) is 31.1 Å². The Bertz CT molecular complexity index is 1240. The monoisotopic (exact) mass is 451 g/mol. The van der Waals surface area contributed by atoms with Crippen LogP contribution >= 0.6 is 0 Å². The summed E-state index contributed by atoms with van der Waals surface area (Å²) in [6, 6.07) is 5.66. The fourth-order valence-electron chi connectivity index (χ4n) is 4.12. The molecule has 0 unspecified atom stereocenters. The molecule has 0 spiro atoms. The second kappa shape index (κ2) is 8.36. The summed E-state index contributed by atoms with van der Waals surface area (Å²) in [5.74, 6) is 0.136. The smallest absolute Gasteiger partial charge is 0.406 e. The molecule has 0 atom stereocenters. The Kier molecular flexibility index (Phi) is 5.74. The van der Waals surface area contributed by atoms with E-state index in [4.69, 9.17) is 0 Å². The minimum absolute atomic E-state index is 0.186. The Hall–Kier alpha value is -3.24. The van der Waals surface area contributed by atoms with Gasteiger partial charge in [0.05, 0.1) is 6.54 Å². The lowest BCUT2D eigenvalue weighted by molar-refractivity contribution is -0.274. The Morgan fingerprint density at radius 2 is 1.72 bits per heavy atom. The van der Waals surface area contributed by atoms with Crippen molar-refractivity contribution in [2.24, 2.45) is 14.1 Å². The summed E-state index contributed by atoms with van der Waals surface area (Å²) in [4.78, 5) is 29.9. The van der Waals surface area contributed by atoms with Crippen LogP contribution < -0.4 is 21.3 Å². The van der Waals surface area contributed by atoms with E-state index in [2.05, 4.69) is 15.0 Å². The van der Waals surface area contributed by atoms with Crippen LogP contribution in [0.15, 0.2) is 33.9 Å². The number of benzene rings is 1. The molecule has 0 aliphatic heterocycles. The van der Waals surface area contributed by atoms with Crippen molar-refractivity contribution in [1.29, 1.82) is 0 Å². The summed E-state index contributed by atoms with van der Waals surface area (Å²) in [5, 5.41) is 3.41. The molecule has 0 amide bonds. The Balaban J connectivity index is 1.76. The molecule has 32 heavy (non-hydrogen) atoms. The number of nitrogens with one attached hydrogen (secondary N) is 1. The first-order valence-electron chi connectivity index (χ1n) is 10.4. The van der Waals surface area contributed by atoms with Gasteiger partial charge in [0.2, 0.25) is 5.95 Å². The largest absolute Gasteiger partial charge is 0.573 e. The summed E-state index contributed by atoms with van der Waals surface area (Å²) >= 11 is 0. The number of alkyl halides is 3. The van der Waals surface area contributed by atoms with Crippen LogP contribution in [0.3, 0.4) is 0 Å². The quantitative estimate of drug-likeness (QED) is 0.645. The predicted molar refractivity (Wildman–Crippen MR) is 113 cm³/mol. The fourth-order valence-corrected chi connectivity index (χ4v) is 4.12. The molecule has 1 N–H and O–H groups in total. The summed E-state index contributed by atoms with van der Waals surface area (Å²) < 4.78 is 45.3. The normalized spacial score (nSPS) is 15.3. The van der Waals surface area contributed by atoms with Gasteiger partial charge >= 0.3 is 12.1 Å². The van der Waals surface area contributed by atoms with E-state index >= 15 is 0 Å². The van der Waals surface area contributed by atoms with Gasteiger partial charge in [-0.3, -0.25) is 18.5 Å². The highest BCUT2D eigenvalue weighted by Crippen LogP contribution is 2.26. The highest BCUT2D eigenvalue weighted by molar-refractivity contribution is 5.74. The van der Waals surface area contributed by atoms with E-state index in [1.165, 1.54) is 42.3 Å². The fraction of sp³-hybridized carbons (Fsp3) is 0.476. The van der Waals surface area contributed by atoms with Crippen LogP contribution in [0.1, 0.15) is 37.7 Å². The first-order valence-corrected chi connectivity index (χ1v) is 10.4. The molecular formula is C21H24F3N5O3. The lowest BCUT2D eigenvalue weighted by atomic mass is 9.96. The van der Waals surface area contributed by atoms with Gasteiger partial charge in [0.1, 0.15) is 5.75 Å². The molecule has 11 heteroatoms. The number of fused-ring (bicyclic) bond motifs is 1. The molecule has 2 aromatic heterocycles. The third kappa shape index (κ3) is 4.37. The first-order chi connectivity index (χ1) is 15.1. The van der Waals surface area contributed by atoms with Gasteiger partial charge in [-0.1, -0.05) is 31.4 Å². The van der Waals surface area contributed by atoms with Crippen LogP contribution in [0.5, 0.6) is 5.75 Å².